The molecule has 7 nitrogen and oxygen atoms in total. The minimum Gasteiger partial charge on any atom is -0.759 e. The van der Waals surface area contributed by atoms with Gasteiger partial charge >= 0.3 is 109 Å². The van der Waals surface area contributed by atoms with Gasteiger partial charge in [-0.3, -0.25) is 13.2 Å². The van der Waals surface area contributed by atoms with Crippen LogP contribution >= 0.6 is 0 Å². The molecule has 0 aliphatic rings. The van der Waals surface area contributed by atoms with Crippen LogP contribution in [0.5, 0.6) is 5.75 Å². The summed E-state index contributed by atoms with van der Waals surface area (Å²) in [5.74, 6) is -1.55. The molecule has 1 aromatic rings. The third kappa shape index (κ3) is 13.3. The summed E-state index contributed by atoms with van der Waals surface area (Å²) in [5.41, 5.74) is 1.37. The smallest absolute Gasteiger partial charge is 0.759 e. The van der Waals surface area contributed by atoms with Gasteiger partial charge in [-0.15, -0.1) is 0 Å². The van der Waals surface area contributed by atoms with Crippen molar-refractivity contribution in [1.82, 2.24) is 0 Å². The van der Waals surface area contributed by atoms with E-state index in [9.17, 15) is 9.90 Å². The van der Waals surface area contributed by atoms with Crippen molar-refractivity contribution in [3.63, 3.8) is 0 Å². The van der Waals surface area contributed by atoms with Crippen LogP contribution in [0.15, 0.2) is 18.2 Å². The van der Waals surface area contributed by atoms with Crippen molar-refractivity contribution in [3.05, 3.63) is 29.3 Å². The van der Waals surface area contributed by atoms with E-state index in [0.29, 0.717) is 5.56 Å². The van der Waals surface area contributed by atoms with Crippen molar-refractivity contribution in [3.8, 4) is 5.75 Å². The van der Waals surface area contributed by atoms with Gasteiger partial charge < -0.3 is 19.3 Å². The topological polar surface area (TPSA) is 138 Å². The predicted octanol–water partition coefficient (Wildman–Crippen LogP) is -5.44. The first-order valence-corrected chi connectivity index (χ1v) is 6.04. The van der Waals surface area contributed by atoms with Crippen molar-refractivity contribution in [2.45, 2.75) is 19.8 Å². The molecule has 2 N–H and O–H groups in total. The molecule has 1 unspecified atom stereocenters. The molecule has 0 aromatic heterocycles. The number of aromatic hydroxyl groups is 1. The van der Waals surface area contributed by atoms with Crippen molar-refractivity contribution >= 4 is 16.4 Å². The molecule has 0 radical (unpaired) electrons. The molecule has 0 aliphatic heterocycles. The first-order valence-electron chi connectivity index (χ1n) is 4.71. The van der Waals surface area contributed by atoms with Crippen molar-refractivity contribution in [2.75, 3.05) is 0 Å². The zero-order chi connectivity index (χ0) is 14.5. The molecule has 0 amide bonds. The van der Waals surface area contributed by atoms with E-state index < -0.39 is 22.3 Å². The Kier molecular flexibility index (Phi) is 16.1. The zero-order valence-electron chi connectivity index (χ0n) is 11.7. The van der Waals surface area contributed by atoms with Gasteiger partial charge in [0, 0.05) is 16.0 Å². The maximum Gasteiger partial charge on any atom is 1.00 e. The molecule has 1 aromatic carbocycles. The molecule has 0 heterocycles. The van der Waals surface area contributed by atoms with Crippen LogP contribution in [-0.2, 0) is 15.2 Å². The summed E-state index contributed by atoms with van der Waals surface area (Å²) in [6, 6.07) is 4.99. The standard InChI is InChI=1S/C10H12O3.2K.H2O4S/c1-6-3-4-8(9(11)5-6)7(2)10(12)13;;;1-5(2,3)4/h3-5,7,11H,1-2H3,(H,12,13);;;(H2,1,2,3,4)/q;2*+1;/p-2. The van der Waals surface area contributed by atoms with E-state index in [1.54, 1.807) is 25.1 Å². The Bertz CT molecular complexity index is 522. The van der Waals surface area contributed by atoms with Gasteiger partial charge in [-0.05, 0) is 25.5 Å². The number of carboxylic acid groups (broad SMARTS) is 1. The van der Waals surface area contributed by atoms with Crippen molar-refractivity contribution < 1.29 is 135 Å². The Morgan fingerprint density at radius 1 is 1.25 bits per heavy atom. The Morgan fingerprint density at radius 2 is 1.65 bits per heavy atom. The van der Waals surface area contributed by atoms with Crippen LogP contribution in [0.25, 0.3) is 0 Å². The van der Waals surface area contributed by atoms with E-state index in [4.69, 9.17) is 22.6 Å². The minimum atomic E-state index is -5.17. The van der Waals surface area contributed by atoms with Crippen molar-refractivity contribution in [2.24, 2.45) is 0 Å². The first-order chi connectivity index (χ1) is 8.02. The number of carboxylic acids is 1. The molecule has 0 saturated carbocycles. The number of rotatable bonds is 2. The normalized spacial score (nSPS) is 11.0. The van der Waals surface area contributed by atoms with Crippen LogP contribution in [0.4, 0.5) is 0 Å². The molecular weight excluding hydrogens is 342 g/mol. The Hall–Kier alpha value is 1.63. The Balaban J connectivity index is -0.000000361. The van der Waals surface area contributed by atoms with Gasteiger partial charge in [-0.1, -0.05) is 12.1 Å². The number of phenolic OH excluding ortho intramolecular Hbond substituents is 1. The van der Waals surface area contributed by atoms with Crippen LogP contribution in [-0.4, -0.2) is 33.7 Å². The van der Waals surface area contributed by atoms with Gasteiger partial charge in [0.15, 0.2) is 0 Å². The largest absolute Gasteiger partial charge is 1.00 e. The molecule has 0 bridgehead atoms. The molecule has 20 heavy (non-hydrogen) atoms. The van der Waals surface area contributed by atoms with Crippen LogP contribution in [0, 0.1) is 6.92 Å². The average molecular weight is 354 g/mol. The van der Waals surface area contributed by atoms with Crippen molar-refractivity contribution in [1.29, 1.82) is 0 Å². The third-order valence-electron chi connectivity index (χ3n) is 2.02. The summed E-state index contributed by atoms with van der Waals surface area (Å²) < 4.78 is 34.1. The second-order valence-electron chi connectivity index (χ2n) is 3.53. The summed E-state index contributed by atoms with van der Waals surface area (Å²) in [7, 11) is -5.17. The number of hydrogen-bond donors (Lipinski definition) is 2. The monoisotopic (exact) mass is 354 g/mol. The molecule has 0 fully saturated rings. The van der Waals surface area contributed by atoms with Gasteiger partial charge in [-0.2, -0.15) is 0 Å². The van der Waals surface area contributed by atoms with Gasteiger partial charge in [0.1, 0.15) is 5.75 Å². The summed E-state index contributed by atoms with van der Waals surface area (Å²) in [6.45, 7) is 3.39. The fourth-order valence-electron chi connectivity index (χ4n) is 1.15. The Morgan fingerprint density at radius 3 is 1.95 bits per heavy atom. The predicted molar refractivity (Wildman–Crippen MR) is 59.4 cm³/mol. The minimum absolute atomic E-state index is 0. The fraction of sp³-hybridized carbons (Fsp3) is 0.300. The van der Waals surface area contributed by atoms with E-state index in [-0.39, 0.29) is 109 Å². The summed E-state index contributed by atoms with van der Waals surface area (Å²) >= 11 is 0. The molecule has 0 spiro atoms. The maximum absolute atomic E-state index is 10.6. The van der Waals surface area contributed by atoms with E-state index in [2.05, 4.69) is 0 Å². The van der Waals surface area contributed by atoms with E-state index >= 15 is 0 Å². The van der Waals surface area contributed by atoms with Gasteiger partial charge in [0.05, 0.1) is 5.92 Å². The number of aliphatic carboxylic acids is 1. The maximum atomic E-state index is 10.6. The molecular formula is C10H12K2O7S. The van der Waals surface area contributed by atoms with Crippen LogP contribution < -0.4 is 103 Å². The average Bonchev–Trinajstić information content (AvgIpc) is 2.13. The number of benzene rings is 1. The van der Waals surface area contributed by atoms with E-state index in [1.807, 2.05) is 6.92 Å². The van der Waals surface area contributed by atoms with Crippen LogP contribution in [0.3, 0.4) is 0 Å². The summed E-state index contributed by atoms with van der Waals surface area (Å²) in [4.78, 5) is 10.6. The Labute approximate surface area is 202 Å². The van der Waals surface area contributed by atoms with Gasteiger partial charge in [-0.25, -0.2) is 0 Å². The van der Waals surface area contributed by atoms with Gasteiger partial charge in [0.25, 0.3) is 0 Å². The molecule has 0 aliphatic carbocycles. The molecule has 102 valence electrons. The van der Waals surface area contributed by atoms with Gasteiger partial charge in [0.2, 0.25) is 0 Å². The zero-order valence-corrected chi connectivity index (χ0v) is 18.7. The number of aryl methyl sites for hydroxylation is 1. The summed E-state index contributed by atoms with van der Waals surface area (Å²) in [6.07, 6.45) is 0. The molecule has 1 rings (SSSR count). The van der Waals surface area contributed by atoms with Crippen LogP contribution in [0.1, 0.15) is 24.0 Å². The molecule has 1 atom stereocenters. The first kappa shape index (κ1) is 26.5. The summed E-state index contributed by atoms with van der Waals surface area (Å²) in [5, 5.41) is 18.2. The quantitative estimate of drug-likeness (QED) is 0.307. The number of carbonyl (C=O) groups is 1. The SMILES string of the molecule is Cc1ccc(C(C)C(=O)O)c(O)c1.O=S(=O)([O-])[O-].[K+].[K+]. The molecule has 0 saturated heterocycles. The van der Waals surface area contributed by atoms with Crippen LogP contribution in [0.2, 0.25) is 0 Å². The number of phenols is 1. The second kappa shape index (κ2) is 12.1. The third-order valence-corrected chi connectivity index (χ3v) is 2.02. The van der Waals surface area contributed by atoms with E-state index in [0.717, 1.165) is 5.56 Å². The number of hydrogen-bond acceptors (Lipinski definition) is 6. The fourth-order valence-corrected chi connectivity index (χ4v) is 1.15. The molecule has 10 heteroatoms. The van der Waals surface area contributed by atoms with E-state index in [1.165, 1.54) is 0 Å². The second-order valence-corrected chi connectivity index (χ2v) is 4.35.